The molecule has 2 amide bonds. The molecular weight excluding hydrogens is 456 g/mol. The van der Waals surface area contributed by atoms with E-state index in [9.17, 15) is 9.59 Å². The first-order valence-corrected chi connectivity index (χ1v) is 13.3. The van der Waals surface area contributed by atoms with Gasteiger partial charge < -0.3 is 14.5 Å². The van der Waals surface area contributed by atoms with Gasteiger partial charge >= 0.3 is 0 Å². The predicted molar refractivity (Wildman–Crippen MR) is 140 cm³/mol. The van der Waals surface area contributed by atoms with E-state index in [-0.39, 0.29) is 31.0 Å². The smallest absolute Gasteiger partial charge is 0.261 e. The summed E-state index contributed by atoms with van der Waals surface area (Å²) in [5, 5.41) is 2.06. The van der Waals surface area contributed by atoms with Crippen molar-refractivity contribution in [2.24, 2.45) is 0 Å². The van der Waals surface area contributed by atoms with Crippen LogP contribution in [-0.4, -0.2) is 40.8 Å². The van der Waals surface area contributed by atoms with Crippen LogP contribution in [0.3, 0.4) is 0 Å². The summed E-state index contributed by atoms with van der Waals surface area (Å²) >= 11 is 1.67. The van der Waals surface area contributed by atoms with Gasteiger partial charge in [0.05, 0.1) is 6.54 Å². The molecule has 1 fully saturated rings. The van der Waals surface area contributed by atoms with Gasteiger partial charge in [-0.3, -0.25) is 9.59 Å². The second-order valence-corrected chi connectivity index (χ2v) is 10.2. The molecule has 1 aliphatic rings. The third-order valence-corrected chi connectivity index (χ3v) is 7.63. The summed E-state index contributed by atoms with van der Waals surface area (Å²) in [6, 6.07) is 21.6. The van der Waals surface area contributed by atoms with Gasteiger partial charge in [0.25, 0.3) is 5.91 Å². The second kappa shape index (κ2) is 12.5. The van der Waals surface area contributed by atoms with Crippen molar-refractivity contribution in [2.75, 3.05) is 13.2 Å². The Balaban J connectivity index is 1.50. The number of hydrogen-bond donors (Lipinski definition) is 0. The van der Waals surface area contributed by atoms with Crippen molar-refractivity contribution in [1.29, 1.82) is 0 Å². The molecule has 0 atom stereocenters. The Morgan fingerprint density at radius 1 is 0.886 bits per heavy atom. The Labute approximate surface area is 212 Å². The first kappa shape index (κ1) is 25.0. The molecule has 0 aliphatic heterocycles. The zero-order valence-corrected chi connectivity index (χ0v) is 21.2. The fourth-order valence-electron chi connectivity index (χ4n) is 4.58. The lowest BCUT2D eigenvalue weighted by atomic mass is 9.94. The average Bonchev–Trinajstić information content (AvgIpc) is 3.31. The van der Waals surface area contributed by atoms with E-state index < -0.39 is 0 Å². The van der Waals surface area contributed by atoms with Gasteiger partial charge in [-0.2, -0.15) is 0 Å². The third-order valence-electron chi connectivity index (χ3n) is 6.62. The van der Waals surface area contributed by atoms with Crippen LogP contribution in [0.5, 0.6) is 5.75 Å². The van der Waals surface area contributed by atoms with E-state index in [0.29, 0.717) is 18.8 Å². The molecule has 1 aliphatic carbocycles. The number of amides is 2. The van der Waals surface area contributed by atoms with Crippen LogP contribution in [0.1, 0.15) is 48.1 Å². The topological polar surface area (TPSA) is 49.9 Å². The molecule has 2 aromatic carbocycles. The highest BCUT2D eigenvalue weighted by Crippen LogP contribution is 2.24. The van der Waals surface area contributed by atoms with E-state index in [4.69, 9.17) is 4.74 Å². The fourth-order valence-corrected chi connectivity index (χ4v) is 5.50. The third kappa shape index (κ3) is 7.18. The number of thiophene rings is 1. The summed E-state index contributed by atoms with van der Waals surface area (Å²) in [6.45, 7) is 3.17. The van der Waals surface area contributed by atoms with Gasteiger partial charge in [-0.1, -0.05) is 67.8 Å². The van der Waals surface area contributed by atoms with E-state index in [1.54, 1.807) is 16.2 Å². The van der Waals surface area contributed by atoms with Gasteiger partial charge in [0, 0.05) is 17.5 Å². The van der Waals surface area contributed by atoms with Crippen LogP contribution < -0.4 is 4.74 Å². The number of carbonyl (C=O) groups is 2. The summed E-state index contributed by atoms with van der Waals surface area (Å²) in [6.07, 6.45) is 5.24. The van der Waals surface area contributed by atoms with Crippen molar-refractivity contribution in [1.82, 2.24) is 9.80 Å². The summed E-state index contributed by atoms with van der Waals surface area (Å²) in [4.78, 5) is 31.9. The van der Waals surface area contributed by atoms with Gasteiger partial charge in [-0.15, -0.1) is 11.3 Å². The molecular formula is C29H34N2O3S. The monoisotopic (exact) mass is 490 g/mol. The van der Waals surface area contributed by atoms with Crippen molar-refractivity contribution in [3.63, 3.8) is 0 Å². The van der Waals surface area contributed by atoms with Crippen LogP contribution in [0.2, 0.25) is 0 Å². The maximum atomic E-state index is 13.7. The standard InChI is InChI=1S/C29H34N2O3S/c1-23-17-18-35-27(23)20-30(19-24-11-5-2-6-12-24)28(32)21-31(25-13-7-3-8-14-25)29(33)22-34-26-15-9-4-10-16-26/h2,4-6,9-12,15-18,25H,3,7-8,13-14,19-22H2,1H3. The minimum Gasteiger partial charge on any atom is -0.484 e. The fraction of sp³-hybridized carbons (Fsp3) is 0.379. The molecule has 3 aromatic rings. The number of ether oxygens (including phenoxy) is 1. The van der Waals surface area contributed by atoms with Crippen molar-refractivity contribution < 1.29 is 14.3 Å². The molecule has 0 bridgehead atoms. The quantitative estimate of drug-likeness (QED) is 0.360. The number of rotatable bonds is 10. The van der Waals surface area contributed by atoms with Crippen LogP contribution in [0.25, 0.3) is 0 Å². The number of benzene rings is 2. The second-order valence-electron chi connectivity index (χ2n) is 9.18. The molecule has 0 saturated heterocycles. The van der Waals surface area contributed by atoms with Gasteiger partial charge in [-0.25, -0.2) is 0 Å². The van der Waals surface area contributed by atoms with Crippen LogP contribution in [0.15, 0.2) is 72.1 Å². The largest absolute Gasteiger partial charge is 0.484 e. The normalized spacial score (nSPS) is 13.9. The molecule has 1 aromatic heterocycles. The highest BCUT2D eigenvalue weighted by Gasteiger charge is 2.29. The predicted octanol–water partition coefficient (Wildman–Crippen LogP) is 5.83. The molecule has 0 N–H and O–H groups in total. The Kier molecular flexibility index (Phi) is 8.96. The van der Waals surface area contributed by atoms with Crippen molar-refractivity contribution in [3.05, 3.63) is 88.1 Å². The molecule has 0 spiro atoms. The van der Waals surface area contributed by atoms with E-state index >= 15 is 0 Å². The number of carbonyl (C=O) groups excluding carboxylic acids is 2. The first-order valence-electron chi connectivity index (χ1n) is 12.4. The highest BCUT2D eigenvalue weighted by atomic mass is 32.1. The molecule has 1 heterocycles. The van der Waals surface area contributed by atoms with E-state index in [0.717, 1.165) is 31.2 Å². The molecule has 184 valence electrons. The van der Waals surface area contributed by atoms with Crippen LogP contribution in [0, 0.1) is 6.92 Å². The Morgan fingerprint density at radius 2 is 1.57 bits per heavy atom. The zero-order chi connectivity index (χ0) is 24.5. The van der Waals surface area contributed by atoms with Gasteiger partial charge in [0.1, 0.15) is 12.3 Å². The molecule has 1 saturated carbocycles. The lowest BCUT2D eigenvalue weighted by Crippen LogP contribution is -2.49. The minimum atomic E-state index is -0.124. The maximum Gasteiger partial charge on any atom is 0.261 e. The summed E-state index contributed by atoms with van der Waals surface area (Å²) in [5.74, 6) is 0.510. The van der Waals surface area contributed by atoms with Gasteiger partial charge in [0.2, 0.25) is 5.91 Å². The number of aryl methyl sites for hydroxylation is 1. The molecule has 0 radical (unpaired) electrons. The summed E-state index contributed by atoms with van der Waals surface area (Å²) < 4.78 is 5.76. The molecule has 4 rings (SSSR count). The van der Waals surface area contributed by atoms with Crippen LogP contribution >= 0.6 is 11.3 Å². The molecule has 35 heavy (non-hydrogen) atoms. The van der Waals surface area contributed by atoms with Crippen molar-refractivity contribution >= 4 is 23.2 Å². The maximum absolute atomic E-state index is 13.7. The van der Waals surface area contributed by atoms with Crippen molar-refractivity contribution in [3.8, 4) is 5.75 Å². The lowest BCUT2D eigenvalue weighted by Gasteiger charge is -2.35. The minimum absolute atomic E-state index is 0.0275. The van der Waals surface area contributed by atoms with Gasteiger partial charge in [0.15, 0.2) is 6.61 Å². The average molecular weight is 491 g/mol. The molecule has 0 unspecified atom stereocenters. The van der Waals surface area contributed by atoms with E-state index in [2.05, 4.69) is 18.4 Å². The van der Waals surface area contributed by atoms with E-state index in [1.807, 2.05) is 65.6 Å². The van der Waals surface area contributed by atoms with Gasteiger partial charge in [-0.05, 0) is 54.5 Å². The Bertz CT molecular complexity index is 1080. The van der Waals surface area contributed by atoms with Crippen molar-refractivity contribution in [2.45, 2.75) is 58.2 Å². The summed E-state index contributed by atoms with van der Waals surface area (Å²) in [7, 11) is 0. The lowest BCUT2D eigenvalue weighted by molar-refractivity contribution is -0.145. The molecule has 5 nitrogen and oxygen atoms in total. The Morgan fingerprint density at radius 3 is 2.23 bits per heavy atom. The van der Waals surface area contributed by atoms with Crippen LogP contribution in [0.4, 0.5) is 0 Å². The SMILES string of the molecule is Cc1ccsc1CN(Cc1ccccc1)C(=O)CN(C(=O)COc1ccccc1)C1CCCCC1. The first-order chi connectivity index (χ1) is 17.1. The summed E-state index contributed by atoms with van der Waals surface area (Å²) in [5.41, 5.74) is 2.27. The highest BCUT2D eigenvalue weighted by molar-refractivity contribution is 7.10. The zero-order valence-electron chi connectivity index (χ0n) is 20.4. The number of nitrogens with zero attached hydrogens (tertiary/aromatic N) is 2. The Hall–Kier alpha value is -3.12. The molecule has 6 heteroatoms. The van der Waals surface area contributed by atoms with Crippen LogP contribution in [-0.2, 0) is 22.7 Å². The van der Waals surface area contributed by atoms with E-state index in [1.165, 1.54) is 16.9 Å². The number of hydrogen-bond acceptors (Lipinski definition) is 4. The number of para-hydroxylation sites is 1.